The van der Waals surface area contributed by atoms with Gasteiger partial charge in [0.25, 0.3) is 5.91 Å². The van der Waals surface area contributed by atoms with Crippen LogP contribution in [0.1, 0.15) is 38.5 Å². The SMILES string of the molecule is CC(C)(O)C1CC(NC(=O)c2cnc3cc(OC(F)F)c(Cl)cc3c2)C1.[HH]. The zero-order valence-corrected chi connectivity index (χ0v) is 15.1. The summed E-state index contributed by atoms with van der Waals surface area (Å²) in [4.78, 5) is 16.5. The van der Waals surface area contributed by atoms with Gasteiger partial charge in [-0.05, 0) is 44.7 Å². The number of hydrogen-bond acceptors (Lipinski definition) is 4. The van der Waals surface area contributed by atoms with Gasteiger partial charge in [-0.1, -0.05) is 11.6 Å². The smallest absolute Gasteiger partial charge is 0.387 e. The summed E-state index contributed by atoms with van der Waals surface area (Å²) in [7, 11) is 0. The minimum absolute atomic E-state index is 0. The fraction of sp³-hybridized carbons (Fsp3) is 0.444. The highest BCUT2D eigenvalue weighted by atomic mass is 35.5. The fourth-order valence-corrected chi connectivity index (χ4v) is 3.24. The predicted molar refractivity (Wildman–Crippen MR) is 95.8 cm³/mol. The van der Waals surface area contributed by atoms with Crippen LogP contribution in [0.4, 0.5) is 8.78 Å². The number of amides is 1. The molecule has 1 heterocycles. The Morgan fingerprint density at radius 2 is 2.12 bits per heavy atom. The first-order valence-electron chi connectivity index (χ1n) is 8.21. The van der Waals surface area contributed by atoms with E-state index in [-0.39, 0.29) is 30.1 Å². The molecule has 142 valence electrons. The number of pyridine rings is 1. The Morgan fingerprint density at radius 3 is 2.73 bits per heavy atom. The van der Waals surface area contributed by atoms with E-state index in [4.69, 9.17) is 11.6 Å². The Hall–Kier alpha value is -1.99. The first-order valence-corrected chi connectivity index (χ1v) is 8.58. The van der Waals surface area contributed by atoms with Crippen molar-refractivity contribution in [3.8, 4) is 5.75 Å². The van der Waals surface area contributed by atoms with E-state index < -0.39 is 12.2 Å². The van der Waals surface area contributed by atoms with Gasteiger partial charge in [0.15, 0.2) is 0 Å². The third kappa shape index (κ3) is 4.04. The summed E-state index contributed by atoms with van der Waals surface area (Å²) < 4.78 is 29.1. The van der Waals surface area contributed by atoms with Gasteiger partial charge >= 0.3 is 6.61 Å². The van der Waals surface area contributed by atoms with E-state index in [1.807, 2.05) is 0 Å². The zero-order valence-electron chi connectivity index (χ0n) is 14.3. The number of nitrogens with one attached hydrogen (secondary N) is 1. The van der Waals surface area contributed by atoms with Crippen molar-refractivity contribution in [2.75, 3.05) is 0 Å². The van der Waals surface area contributed by atoms with Crippen LogP contribution >= 0.6 is 11.6 Å². The van der Waals surface area contributed by atoms with Crippen molar-refractivity contribution in [2.45, 2.75) is 44.9 Å². The number of ether oxygens (including phenoxy) is 1. The fourth-order valence-electron chi connectivity index (χ4n) is 3.02. The van der Waals surface area contributed by atoms with E-state index in [0.29, 0.717) is 16.5 Å². The standard InChI is InChI=1S/C18H19ClF2N2O3.H2/c1-18(2,25)11-5-12(6-11)23-16(24)10-3-9-4-13(19)15(26-17(20)21)7-14(9)22-8-10;/h3-4,7-8,11-12,17,25H,5-6H2,1-2H3,(H,23,24);1H. The number of hydrogen-bond donors (Lipinski definition) is 2. The Bertz CT molecular complexity index is 839. The van der Waals surface area contributed by atoms with E-state index >= 15 is 0 Å². The van der Waals surface area contributed by atoms with Gasteiger partial charge in [-0.2, -0.15) is 8.78 Å². The predicted octanol–water partition coefficient (Wildman–Crippen LogP) is 4.01. The van der Waals surface area contributed by atoms with Gasteiger partial charge in [-0.3, -0.25) is 9.78 Å². The van der Waals surface area contributed by atoms with Crippen molar-refractivity contribution in [1.29, 1.82) is 0 Å². The lowest BCUT2D eigenvalue weighted by Crippen LogP contribution is -2.50. The number of nitrogens with zero attached hydrogens (tertiary/aromatic N) is 1. The summed E-state index contributed by atoms with van der Waals surface area (Å²) in [5.41, 5.74) is -0.00402. The second kappa shape index (κ2) is 6.96. The molecule has 1 aromatic heterocycles. The third-order valence-electron chi connectivity index (χ3n) is 4.69. The number of aromatic nitrogens is 1. The van der Waals surface area contributed by atoms with Crippen LogP contribution in [0.25, 0.3) is 10.9 Å². The van der Waals surface area contributed by atoms with Crippen molar-refractivity contribution in [3.05, 3.63) is 35.0 Å². The molecule has 5 nitrogen and oxygen atoms in total. The number of rotatable bonds is 5. The molecule has 1 amide bonds. The molecule has 1 fully saturated rings. The summed E-state index contributed by atoms with van der Waals surface area (Å²) in [6, 6.07) is 4.36. The Labute approximate surface area is 155 Å². The molecule has 2 aromatic rings. The maximum Gasteiger partial charge on any atom is 0.387 e. The van der Waals surface area contributed by atoms with Crippen LogP contribution < -0.4 is 10.1 Å². The van der Waals surface area contributed by atoms with Gasteiger partial charge < -0.3 is 15.2 Å². The van der Waals surface area contributed by atoms with Gasteiger partial charge in [0.05, 0.1) is 21.7 Å². The van der Waals surface area contributed by atoms with E-state index in [1.165, 1.54) is 18.3 Å². The molecule has 0 unspecified atom stereocenters. The Morgan fingerprint density at radius 1 is 1.42 bits per heavy atom. The molecule has 0 saturated heterocycles. The van der Waals surface area contributed by atoms with Gasteiger partial charge in [-0.25, -0.2) is 0 Å². The molecular formula is C18H21ClF2N2O3. The van der Waals surface area contributed by atoms with Crippen LogP contribution in [-0.4, -0.2) is 34.3 Å². The van der Waals surface area contributed by atoms with E-state index in [0.717, 1.165) is 12.8 Å². The van der Waals surface area contributed by atoms with E-state index in [2.05, 4.69) is 15.0 Å². The van der Waals surface area contributed by atoms with Gasteiger partial charge in [0.1, 0.15) is 5.75 Å². The molecule has 0 atom stereocenters. The first kappa shape index (κ1) is 18.8. The summed E-state index contributed by atoms with van der Waals surface area (Å²) in [6.07, 6.45) is 2.82. The lowest BCUT2D eigenvalue weighted by molar-refractivity contribution is -0.0497. The minimum atomic E-state index is -2.98. The average Bonchev–Trinajstić information content (AvgIpc) is 2.48. The second-order valence-electron chi connectivity index (χ2n) is 7.07. The molecule has 3 rings (SSSR count). The van der Waals surface area contributed by atoms with Crippen molar-refractivity contribution < 1.29 is 24.8 Å². The molecule has 2 N–H and O–H groups in total. The molecule has 8 heteroatoms. The van der Waals surface area contributed by atoms with E-state index in [1.54, 1.807) is 19.9 Å². The largest absolute Gasteiger partial charge is 0.433 e. The van der Waals surface area contributed by atoms with Crippen LogP contribution in [0.2, 0.25) is 5.02 Å². The molecule has 1 aliphatic carbocycles. The van der Waals surface area contributed by atoms with Crippen LogP contribution in [-0.2, 0) is 0 Å². The number of benzene rings is 1. The van der Waals surface area contributed by atoms with Crippen LogP contribution in [0.5, 0.6) is 5.75 Å². The van der Waals surface area contributed by atoms with Crippen molar-refractivity contribution in [2.24, 2.45) is 5.92 Å². The van der Waals surface area contributed by atoms with Gasteiger partial charge in [0.2, 0.25) is 0 Å². The topological polar surface area (TPSA) is 71.5 Å². The maximum atomic E-state index is 12.4. The number of halogens is 3. The molecular weight excluding hydrogens is 366 g/mol. The zero-order chi connectivity index (χ0) is 19.1. The number of alkyl halides is 2. The normalized spacial score (nSPS) is 20.1. The molecule has 0 aliphatic heterocycles. The lowest BCUT2D eigenvalue weighted by Gasteiger charge is -2.42. The van der Waals surface area contributed by atoms with Crippen LogP contribution in [0.3, 0.4) is 0 Å². The van der Waals surface area contributed by atoms with Crippen molar-refractivity contribution in [1.82, 2.24) is 10.3 Å². The summed E-state index contributed by atoms with van der Waals surface area (Å²) >= 11 is 5.94. The molecule has 0 bridgehead atoms. The van der Waals surface area contributed by atoms with Crippen LogP contribution in [0.15, 0.2) is 24.4 Å². The van der Waals surface area contributed by atoms with Crippen LogP contribution in [0, 0.1) is 5.92 Å². The monoisotopic (exact) mass is 386 g/mol. The highest BCUT2D eigenvalue weighted by Crippen LogP contribution is 2.36. The molecule has 1 aromatic carbocycles. The Kier molecular flexibility index (Phi) is 5.03. The summed E-state index contributed by atoms with van der Waals surface area (Å²) in [6.45, 7) is 0.544. The van der Waals surface area contributed by atoms with Crippen molar-refractivity contribution in [3.63, 3.8) is 0 Å². The quantitative estimate of drug-likeness (QED) is 0.814. The molecule has 1 aliphatic rings. The molecule has 0 radical (unpaired) electrons. The molecule has 1 saturated carbocycles. The highest BCUT2D eigenvalue weighted by molar-refractivity contribution is 6.32. The minimum Gasteiger partial charge on any atom is -0.433 e. The highest BCUT2D eigenvalue weighted by Gasteiger charge is 2.39. The number of fused-ring (bicyclic) bond motifs is 1. The van der Waals surface area contributed by atoms with Gasteiger partial charge in [0, 0.05) is 25.1 Å². The average molecular weight is 387 g/mol. The molecule has 26 heavy (non-hydrogen) atoms. The van der Waals surface area contributed by atoms with Gasteiger partial charge in [-0.15, -0.1) is 0 Å². The maximum absolute atomic E-state index is 12.4. The summed E-state index contributed by atoms with van der Waals surface area (Å²) in [5.74, 6) is -0.275. The number of carbonyl (C=O) groups excluding carboxylic acids is 1. The molecule has 0 spiro atoms. The summed E-state index contributed by atoms with van der Waals surface area (Å²) in [5, 5.41) is 13.4. The van der Waals surface area contributed by atoms with E-state index in [9.17, 15) is 18.7 Å². The Balaban J connectivity index is 0.00000261. The number of aliphatic hydroxyl groups is 1. The van der Waals surface area contributed by atoms with Crippen molar-refractivity contribution >= 4 is 28.4 Å². The third-order valence-corrected chi connectivity index (χ3v) is 4.98. The number of carbonyl (C=O) groups is 1. The second-order valence-corrected chi connectivity index (χ2v) is 7.48. The first-order chi connectivity index (χ1) is 12.1. The lowest BCUT2D eigenvalue weighted by atomic mass is 9.71.